The monoisotopic (exact) mass is 342 g/mol. The molecule has 2 aromatic rings. The Morgan fingerprint density at radius 3 is 2.80 bits per heavy atom. The summed E-state index contributed by atoms with van der Waals surface area (Å²) < 4.78 is 5.69. The maximum absolute atomic E-state index is 12.3. The van der Waals surface area contributed by atoms with Crippen molar-refractivity contribution in [1.29, 1.82) is 0 Å². The Morgan fingerprint density at radius 2 is 2.00 bits per heavy atom. The molecule has 2 unspecified atom stereocenters. The number of hydrogen-bond donors (Lipinski definition) is 3. The fourth-order valence-corrected chi connectivity index (χ4v) is 4.92. The Morgan fingerprint density at radius 1 is 1.16 bits per heavy atom. The third kappa shape index (κ3) is 2.08. The fraction of sp³-hybridized carbons (Fsp3) is 0.556. The Kier molecular flexibility index (Phi) is 3.22. The molecular formula is C18H22N4O3. The zero-order chi connectivity index (χ0) is 17.0. The van der Waals surface area contributed by atoms with Crippen molar-refractivity contribution in [1.82, 2.24) is 15.3 Å². The first-order valence-corrected chi connectivity index (χ1v) is 9.08. The number of aromatic amines is 2. The van der Waals surface area contributed by atoms with Gasteiger partial charge in [-0.1, -0.05) is 18.9 Å². The van der Waals surface area contributed by atoms with Crippen LogP contribution in [0.3, 0.4) is 0 Å². The third-order valence-corrected chi connectivity index (χ3v) is 6.15. The van der Waals surface area contributed by atoms with Crippen molar-refractivity contribution in [2.75, 3.05) is 24.5 Å². The number of aromatic nitrogens is 2. The summed E-state index contributed by atoms with van der Waals surface area (Å²) in [6.45, 7) is 2.47. The molecule has 1 aromatic heterocycles. The van der Waals surface area contributed by atoms with E-state index in [4.69, 9.17) is 4.74 Å². The lowest BCUT2D eigenvalue weighted by Crippen LogP contribution is -2.68. The molecule has 3 aliphatic rings. The third-order valence-electron chi connectivity index (χ3n) is 6.15. The number of imidazole rings is 1. The van der Waals surface area contributed by atoms with Gasteiger partial charge in [-0.05, 0) is 25.0 Å². The number of esters is 1. The van der Waals surface area contributed by atoms with E-state index in [9.17, 15) is 9.59 Å². The highest BCUT2D eigenvalue weighted by Crippen LogP contribution is 2.52. The van der Waals surface area contributed by atoms with Gasteiger partial charge in [0.15, 0.2) is 0 Å². The van der Waals surface area contributed by atoms with Crippen molar-refractivity contribution in [2.45, 2.75) is 37.8 Å². The summed E-state index contributed by atoms with van der Waals surface area (Å²) in [5.74, 6) is -0.0196. The molecular weight excluding hydrogens is 320 g/mol. The van der Waals surface area contributed by atoms with Gasteiger partial charge in [0.1, 0.15) is 11.5 Å². The summed E-state index contributed by atoms with van der Waals surface area (Å²) >= 11 is 0. The van der Waals surface area contributed by atoms with Crippen LogP contribution >= 0.6 is 0 Å². The van der Waals surface area contributed by atoms with Crippen LogP contribution in [0.1, 0.15) is 25.7 Å². The van der Waals surface area contributed by atoms with Gasteiger partial charge in [-0.15, -0.1) is 0 Å². The highest BCUT2D eigenvalue weighted by Gasteiger charge is 2.62. The van der Waals surface area contributed by atoms with Crippen LogP contribution in [-0.4, -0.2) is 47.7 Å². The van der Waals surface area contributed by atoms with Crippen LogP contribution in [0, 0.1) is 5.41 Å². The van der Waals surface area contributed by atoms with Crippen molar-refractivity contribution in [3.63, 3.8) is 0 Å². The molecule has 2 saturated heterocycles. The summed E-state index contributed by atoms with van der Waals surface area (Å²) in [7, 11) is 0. The molecule has 25 heavy (non-hydrogen) atoms. The topological polar surface area (TPSA) is 90.2 Å². The van der Waals surface area contributed by atoms with Crippen LogP contribution < -0.4 is 15.9 Å². The Labute approximate surface area is 144 Å². The second kappa shape index (κ2) is 5.36. The van der Waals surface area contributed by atoms with Gasteiger partial charge in [-0.3, -0.25) is 4.79 Å². The number of fused-ring (bicyclic) bond motifs is 1. The molecule has 1 aliphatic carbocycles. The van der Waals surface area contributed by atoms with Gasteiger partial charge >= 0.3 is 11.7 Å². The van der Waals surface area contributed by atoms with Crippen molar-refractivity contribution in [3.8, 4) is 0 Å². The van der Waals surface area contributed by atoms with E-state index in [1.165, 1.54) is 0 Å². The number of cyclic esters (lactones) is 1. The quantitative estimate of drug-likeness (QED) is 0.712. The van der Waals surface area contributed by atoms with Crippen LogP contribution in [0.4, 0.5) is 5.69 Å². The predicted octanol–water partition coefficient (Wildman–Crippen LogP) is 1.12. The van der Waals surface area contributed by atoms with E-state index in [1.807, 2.05) is 18.2 Å². The normalized spacial score (nSPS) is 28.3. The number of H-pyrrole nitrogens is 2. The minimum absolute atomic E-state index is 0.0196. The van der Waals surface area contributed by atoms with Crippen LogP contribution in [-0.2, 0) is 9.53 Å². The molecule has 7 nitrogen and oxygen atoms in total. The van der Waals surface area contributed by atoms with E-state index in [0.717, 1.165) is 62.0 Å². The number of ether oxygens (including phenoxy) is 1. The van der Waals surface area contributed by atoms with E-state index >= 15 is 0 Å². The number of hydrogen-bond acceptors (Lipinski definition) is 5. The smallest absolute Gasteiger partial charge is 0.323 e. The molecule has 1 saturated carbocycles. The zero-order valence-corrected chi connectivity index (χ0v) is 14.0. The lowest BCUT2D eigenvalue weighted by atomic mass is 9.72. The van der Waals surface area contributed by atoms with E-state index in [0.29, 0.717) is 0 Å². The van der Waals surface area contributed by atoms with Gasteiger partial charge in [0.25, 0.3) is 0 Å². The lowest BCUT2D eigenvalue weighted by Gasteiger charge is -2.52. The van der Waals surface area contributed by atoms with Crippen LogP contribution in [0.25, 0.3) is 11.0 Å². The number of carbonyl (C=O) groups excluding carboxylic acids is 1. The van der Waals surface area contributed by atoms with Gasteiger partial charge in [-0.25, -0.2) is 4.79 Å². The van der Waals surface area contributed by atoms with Crippen LogP contribution in [0.5, 0.6) is 0 Å². The first-order valence-electron chi connectivity index (χ1n) is 9.08. The van der Waals surface area contributed by atoms with E-state index in [-0.39, 0.29) is 29.2 Å². The van der Waals surface area contributed by atoms with Gasteiger partial charge in [0.05, 0.1) is 22.8 Å². The molecule has 0 amide bonds. The SMILES string of the molecule is O=C1OC(C2CNCCN2c2cccc3[nH]c(=O)[nH]c23)C12CCCC2. The van der Waals surface area contributed by atoms with Crippen LogP contribution in [0.2, 0.25) is 0 Å². The first kappa shape index (κ1) is 15.0. The lowest BCUT2D eigenvalue weighted by molar-refractivity contribution is -0.210. The number of piperazine rings is 1. The largest absolute Gasteiger partial charge is 0.458 e. The number of nitrogens with one attached hydrogen (secondary N) is 3. The number of benzene rings is 1. The summed E-state index contributed by atoms with van der Waals surface area (Å²) in [6.07, 6.45) is 4.01. The molecule has 132 valence electrons. The Bertz CT molecular complexity index is 880. The highest BCUT2D eigenvalue weighted by molar-refractivity contribution is 5.89. The van der Waals surface area contributed by atoms with E-state index in [1.54, 1.807) is 0 Å². The summed E-state index contributed by atoms with van der Waals surface area (Å²) in [5, 5.41) is 3.45. The molecule has 2 aliphatic heterocycles. The number of anilines is 1. The summed E-state index contributed by atoms with van der Waals surface area (Å²) in [5.41, 5.74) is 2.14. The molecule has 1 spiro atoms. The van der Waals surface area contributed by atoms with Crippen molar-refractivity contribution < 1.29 is 9.53 Å². The summed E-state index contributed by atoms with van der Waals surface area (Å²) in [6, 6.07) is 5.98. The molecule has 2 atom stereocenters. The minimum atomic E-state index is -0.290. The molecule has 0 bridgehead atoms. The van der Waals surface area contributed by atoms with Crippen molar-refractivity contribution >= 4 is 22.7 Å². The second-order valence-corrected chi connectivity index (χ2v) is 7.43. The molecule has 5 rings (SSSR count). The number of rotatable bonds is 2. The molecule has 1 aromatic carbocycles. The first-order chi connectivity index (χ1) is 12.2. The number of carbonyl (C=O) groups is 1. The minimum Gasteiger partial charge on any atom is -0.458 e. The standard InChI is InChI=1S/C18H22N4O3/c23-16-18(6-1-2-7-18)15(25-16)13-10-19-8-9-22(13)12-5-3-4-11-14(12)21-17(24)20-11/h3-5,13,15,19H,1-2,6-10H2,(H2,20,21,24). The zero-order valence-electron chi connectivity index (χ0n) is 14.0. The molecule has 3 N–H and O–H groups in total. The second-order valence-electron chi connectivity index (χ2n) is 7.43. The maximum Gasteiger partial charge on any atom is 0.323 e. The Balaban J connectivity index is 1.55. The molecule has 3 heterocycles. The van der Waals surface area contributed by atoms with Gasteiger partial charge in [0.2, 0.25) is 0 Å². The van der Waals surface area contributed by atoms with Gasteiger partial charge < -0.3 is 24.9 Å². The van der Waals surface area contributed by atoms with Crippen molar-refractivity contribution in [2.24, 2.45) is 5.41 Å². The highest BCUT2D eigenvalue weighted by atomic mass is 16.6. The Hall–Kier alpha value is -2.28. The van der Waals surface area contributed by atoms with E-state index < -0.39 is 0 Å². The number of para-hydroxylation sites is 1. The van der Waals surface area contributed by atoms with Gasteiger partial charge in [-0.2, -0.15) is 0 Å². The average molecular weight is 342 g/mol. The predicted molar refractivity (Wildman–Crippen MR) is 93.7 cm³/mol. The average Bonchev–Trinajstić information content (AvgIpc) is 3.27. The van der Waals surface area contributed by atoms with Crippen molar-refractivity contribution in [3.05, 3.63) is 28.7 Å². The number of nitrogens with zero attached hydrogens (tertiary/aromatic N) is 1. The fourth-order valence-electron chi connectivity index (χ4n) is 4.92. The molecule has 7 heteroatoms. The van der Waals surface area contributed by atoms with E-state index in [2.05, 4.69) is 20.2 Å². The molecule has 0 radical (unpaired) electrons. The maximum atomic E-state index is 12.3. The summed E-state index contributed by atoms with van der Waals surface area (Å²) in [4.78, 5) is 32.0. The van der Waals surface area contributed by atoms with Gasteiger partial charge in [0, 0.05) is 19.6 Å². The van der Waals surface area contributed by atoms with Crippen LogP contribution in [0.15, 0.2) is 23.0 Å². The molecule has 3 fully saturated rings.